The van der Waals surface area contributed by atoms with Crippen molar-refractivity contribution in [2.24, 2.45) is 12.5 Å². The van der Waals surface area contributed by atoms with Crippen molar-refractivity contribution in [2.75, 3.05) is 26.2 Å². The number of amides is 1. The Morgan fingerprint density at radius 3 is 2.67 bits per heavy atom. The molecule has 3 heterocycles. The van der Waals surface area contributed by atoms with E-state index in [-0.39, 0.29) is 17.1 Å². The van der Waals surface area contributed by atoms with Gasteiger partial charge in [0.05, 0.1) is 0 Å². The lowest BCUT2D eigenvalue weighted by molar-refractivity contribution is 0.0670. The highest BCUT2D eigenvalue weighted by atomic mass is 19.1. The van der Waals surface area contributed by atoms with E-state index in [1.807, 2.05) is 37.1 Å². The fraction of sp³-hybridized carbons (Fsp3) is 0.524. The monoisotopic (exact) mass is 370 g/mol. The average Bonchev–Trinajstić information content (AvgIpc) is 3.20. The molecule has 2 aromatic rings. The Kier molecular flexibility index (Phi) is 4.76. The van der Waals surface area contributed by atoms with Crippen LogP contribution >= 0.6 is 0 Å². The number of aryl methyl sites for hydroxylation is 2. The van der Waals surface area contributed by atoms with Crippen molar-refractivity contribution in [3.05, 3.63) is 53.1 Å². The second-order valence-electron chi connectivity index (χ2n) is 8.21. The molecule has 2 fully saturated rings. The molecular formula is C21H27FN4O. The number of nitrogens with zero attached hydrogens (tertiary/aromatic N) is 4. The van der Waals surface area contributed by atoms with Crippen molar-refractivity contribution in [1.82, 2.24) is 19.6 Å². The molecule has 0 N–H and O–H groups in total. The van der Waals surface area contributed by atoms with E-state index in [9.17, 15) is 9.18 Å². The van der Waals surface area contributed by atoms with Crippen molar-refractivity contribution in [3.8, 4) is 0 Å². The minimum atomic E-state index is -0.191. The number of hydrogen-bond donors (Lipinski definition) is 0. The second kappa shape index (κ2) is 7.08. The molecule has 0 aliphatic carbocycles. The summed E-state index contributed by atoms with van der Waals surface area (Å²) in [6.07, 6.45) is 3.36. The van der Waals surface area contributed by atoms with E-state index in [2.05, 4.69) is 10.00 Å². The van der Waals surface area contributed by atoms with E-state index >= 15 is 0 Å². The van der Waals surface area contributed by atoms with Crippen LogP contribution in [0.1, 0.15) is 41.0 Å². The maximum atomic E-state index is 13.1. The van der Waals surface area contributed by atoms with E-state index in [1.165, 1.54) is 12.1 Å². The van der Waals surface area contributed by atoms with E-state index in [0.29, 0.717) is 5.69 Å². The Labute approximate surface area is 159 Å². The summed E-state index contributed by atoms with van der Waals surface area (Å²) >= 11 is 0. The molecule has 1 spiro atoms. The minimum Gasteiger partial charge on any atom is -0.337 e. The lowest BCUT2D eigenvalue weighted by atomic mass is 9.79. The quantitative estimate of drug-likeness (QED) is 0.834. The van der Waals surface area contributed by atoms with Gasteiger partial charge in [-0.2, -0.15) is 5.10 Å². The minimum absolute atomic E-state index is 0.0474. The van der Waals surface area contributed by atoms with E-state index in [1.54, 1.807) is 4.68 Å². The molecular weight excluding hydrogens is 343 g/mol. The first-order valence-corrected chi connectivity index (χ1v) is 9.71. The predicted octanol–water partition coefficient (Wildman–Crippen LogP) is 3.00. The predicted molar refractivity (Wildman–Crippen MR) is 102 cm³/mol. The molecule has 144 valence electrons. The number of carbonyl (C=O) groups is 1. The van der Waals surface area contributed by atoms with Gasteiger partial charge in [0.25, 0.3) is 5.91 Å². The summed E-state index contributed by atoms with van der Waals surface area (Å²) in [5.74, 6) is -0.144. The van der Waals surface area contributed by atoms with Gasteiger partial charge in [0.2, 0.25) is 0 Å². The number of halogens is 1. The third-order valence-corrected chi connectivity index (χ3v) is 6.12. The molecule has 2 aliphatic heterocycles. The van der Waals surface area contributed by atoms with Crippen molar-refractivity contribution in [2.45, 2.75) is 32.7 Å². The summed E-state index contributed by atoms with van der Waals surface area (Å²) in [6.45, 7) is 6.47. The summed E-state index contributed by atoms with van der Waals surface area (Å²) < 4.78 is 14.9. The van der Waals surface area contributed by atoms with Gasteiger partial charge in [-0.3, -0.25) is 14.4 Å². The highest BCUT2D eigenvalue weighted by Crippen LogP contribution is 2.39. The molecule has 4 rings (SSSR count). The summed E-state index contributed by atoms with van der Waals surface area (Å²) in [4.78, 5) is 17.3. The van der Waals surface area contributed by atoms with Gasteiger partial charge in [0, 0.05) is 44.3 Å². The third kappa shape index (κ3) is 3.76. The van der Waals surface area contributed by atoms with E-state index in [4.69, 9.17) is 0 Å². The topological polar surface area (TPSA) is 41.4 Å². The van der Waals surface area contributed by atoms with E-state index in [0.717, 1.165) is 63.2 Å². The maximum absolute atomic E-state index is 13.1. The smallest absolute Gasteiger partial charge is 0.274 e. The van der Waals surface area contributed by atoms with Gasteiger partial charge in [-0.05, 0) is 56.5 Å². The number of carbonyl (C=O) groups excluding carboxylic acids is 1. The van der Waals surface area contributed by atoms with Crippen LogP contribution in [0.3, 0.4) is 0 Å². The fourth-order valence-corrected chi connectivity index (χ4v) is 4.56. The lowest BCUT2D eigenvalue weighted by Crippen LogP contribution is -2.45. The average molecular weight is 370 g/mol. The molecule has 2 aliphatic rings. The van der Waals surface area contributed by atoms with Crippen molar-refractivity contribution in [3.63, 3.8) is 0 Å². The molecule has 1 aromatic carbocycles. The van der Waals surface area contributed by atoms with Crippen LogP contribution in [-0.2, 0) is 13.6 Å². The highest BCUT2D eigenvalue weighted by molar-refractivity contribution is 5.92. The molecule has 2 saturated heterocycles. The van der Waals surface area contributed by atoms with Crippen LogP contribution < -0.4 is 0 Å². The Morgan fingerprint density at radius 2 is 1.96 bits per heavy atom. The zero-order valence-electron chi connectivity index (χ0n) is 16.1. The zero-order valence-corrected chi connectivity index (χ0v) is 16.1. The normalized spacial score (nSPS) is 23.3. The van der Waals surface area contributed by atoms with Crippen molar-refractivity contribution < 1.29 is 9.18 Å². The van der Waals surface area contributed by atoms with Gasteiger partial charge in [-0.1, -0.05) is 12.1 Å². The molecule has 0 radical (unpaired) electrons. The van der Waals surface area contributed by atoms with Crippen molar-refractivity contribution in [1.29, 1.82) is 0 Å². The summed E-state index contributed by atoms with van der Waals surface area (Å²) in [5.41, 5.74) is 2.86. The van der Waals surface area contributed by atoms with Crippen LogP contribution in [0.25, 0.3) is 0 Å². The molecule has 0 bridgehead atoms. The van der Waals surface area contributed by atoms with Gasteiger partial charge < -0.3 is 4.90 Å². The first-order valence-electron chi connectivity index (χ1n) is 9.71. The maximum Gasteiger partial charge on any atom is 0.274 e. The van der Waals surface area contributed by atoms with Crippen molar-refractivity contribution >= 4 is 5.91 Å². The lowest BCUT2D eigenvalue weighted by Gasteiger charge is -2.40. The van der Waals surface area contributed by atoms with Gasteiger partial charge in [0.1, 0.15) is 5.82 Å². The Bertz CT molecular complexity index is 812. The summed E-state index contributed by atoms with van der Waals surface area (Å²) in [6, 6.07) is 8.66. The molecule has 0 saturated carbocycles. The highest BCUT2D eigenvalue weighted by Gasteiger charge is 2.43. The first-order chi connectivity index (χ1) is 12.9. The zero-order chi connectivity index (χ0) is 19.0. The Hall–Kier alpha value is -2.21. The summed E-state index contributed by atoms with van der Waals surface area (Å²) in [5, 5.41) is 4.35. The number of likely N-dealkylation sites (tertiary alicyclic amines) is 2. The Morgan fingerprint density at radius 1 is 1.19 bits per heavy atom. The molecule has 6 heteroatoms. The van der Waals surface area contributed by atoms with Crippen LogP contribution in [0.4, 0.5) is 4.39 Å². The molecule has 27 heavy (non-hydrogen) atoms. The molecule has 5 nitrogen and oxygen atoms in total. The number of piperidine rings is 1. The molecule has 0 unspecified atom stereocenters. The fourth-order valence-electron chi connectivity index (χ4n) is 4.56. The van der Waals surface area contributed by atoms with Crippen LogP contribution in [0.5, 0.6) is 0 Å². The van der Waals surface area contributed by atoms with Gasteiger partial charge in [0.15, 0.2) is 5.69 Å². The number of hydrogen-bond acceptors (Lipinski definition) is 3. The van der Waals surface area contributed by atoms with Crippen LogP contribution in [0.15, 0.2) is 30.3 Å². The van der Waals surface area contributed by atoms with Crippen LogP contribution in [0, 0.1) is 18.2 Å². The molecule has 1 amide bonds. The van der Waals surface area contributed by atoms with Gasteiger partial charge in [-0.25, -0.2) is 4.39 Å². The van der Waals surface area contributed by atoms with Crippen LogP contribution in [0.2, 0.25) is 0 Å². The van der Waals surface area contributed by atoms with Gasteiger partial charge in [-0.15, -0.1) is 0 Å². The third-order valence-electron chi connectivity index (χ3n) is 6.12. The second-order valence-corrected chi connectivity index (χ2v) is 8.21. The number of aromatic nitrogens is 2. The first kappa shape index (κ1) is 18.2. The Balaban J connectivity index is 1.41. The van der Waals surface area contributed by atoms with Crippen LogP contribution in [-0.4, -0.2) is 51.7 Å². The largest absolute Gasteiger partial charge is 0.337 e. The summed E-state index contributed by atoms with van der Waals surface area (Å²) in [7, 11) is 1.87. The number of benzene rings is 1. The molecule has 1 aromatic heterocycles. The standard InChI is InChI=1S/C21H27FN4O/c1-16-12-19(23-24(16)2)20(27)26-11-9-21(15-26)8-3-10-25(14-21)13-17-4-6-18(22)7-5-17/h4-7,12H,3,8-11,13-15H2,1-2H3/t21-/m0/s1. The number of rotatable bonds is 3. The molecule has 1 atom stereocenters. The van der Waals surface area contributed by atoms with E-state index < -0.39 is 0 Å². The van der Waals surface area contributed by atoms with Gasteiger partial charge >= 0.3 is 0 Å². The SMILES string of the molecule is Cc1cc(C(=O)N2CC[C@]3(CCCN(Cc4ccc(F)cc4)C3)C2)nn1C.